The summed E-state index contributed by atoms with van der Waals surface area (Å²) in [5.41, 5.74) is 27.0. The number of nitrogens with zero attached hydrogens (tertiary/aromatic N) is 2. The van der Waals surface area contributed by atoms with E-state index < -0.39 is 48.4 Å². The van der Waals surface area contributed by atoms with E-state index in [4.69, 9.17) is 28.7 Å². The van der Waals surface area contributed by atoms with Crippen molar-refractivity contribution in [3.05, 3.63) is 0 Å². The number of carbonyl (C=O) groups excluding carboxylic acids is 3. The topological polar surface area (TPSA) is 279 Å². The summed E-state index contributed by atoms with van der Waals surface area (Å²) in [6, 6.07) is -2.99. The molecule has 4 atom stereocenters. The number of carbonyl (C=O) groups is 4. The average molecular weight is 501 g/mol. The number of aliphatic imine (C=N–C) groups is 2. The Hall–Kier alpha value is -3.62. The standard InChI is InChI=1S/C20H40N10O5/c1-3-11(2)15(21)17(33)30-12(6-4-8-26-19(22)23)16(32)28-10-14(31)29-13(18(34)35)7-5-9-27-20(24)25/h11-13,15H,3-10,21H2,1-2H3,(H,28,32)(H,29,31)(H,30,33)(H,34,35)(H4,22,23,26)(H4,24,25,27). The lowest BCUT2D eigenvalue weighted by Gasteiger charge is -2.23. The quantitative estimate of drug-likeness (QED) is 0.0543. The molecule has 14 N–H and O–H groups in total. The van der Waals surface area contributed by atoms with E-state index in [1.807, 2.05) is 13.8 Å². The predicted octanol–water partition coefficient (Wildman–Crippen LogP) is -3.36. The molecule has 0 aromatic heterocycles. The molecule has 0 aliphatic rings. The van der Waals surface area contributed by atoms with E-state index in [-0.39, 0.29) is 43.8 Å². The van der Waals surface area contributed by atoms with Gasteiger partial charge in [0.1, 0.15) is 12.1 Å². The minimum Gasteiger partial charge on any atom is -0.480 e. The summed E-state index contributed by atoms with van der Waals surface area (Å²) >= 11 is 0. The summed E-state index contributed by atoms with van der Waals surface area (Å²) in [5, 5.41) is 16.6. The second-order valence-electron chi connectivity index (χ2n) is 8.05. The molecule has 35 heavy (non-hydrogen) atoms. The molecule has 0 radical (unpaired) electrons. The van der Waals surface area contributed by atoms with E-state index in [1.54, 1.807) is 0 Å². The van der Waals surface area contributed by atoms with Gasteiger partial charge in [0.2, 0.25) is 17.7 Å². The molecule has 0 aliphatic carbocycles. The van der Waals surface area contributed by atoms with Crippen molar-refractivity contribution in [2.24, 2.45) is 44.6 Å². The Morgan fingerprint density at radius 2 is 1.37 bits per heavy atom. The molecular weight excluding hydrogens is 460 g/mol. The maximum atomic E-state index is 12.7. The van der Waals surface area contributed by atoms with Gasteiger partial charge >= 0.3 is 5.97 Å². The SMILES string of the molecule is CCC(C)C(N)C(=O)NC(CCCN=C(N)N)C(=O)NCC(=O)NC(CCCN=C(N)N)C(=O)O. The first-order valence-corrected chi connectivity index (χ1v) is 11.4. The van der Waals surface area contributed by atoms with Crippen LogP contribution in [0.3, 0.4) is 0 Å². The van der Waals surface area contributed by atoms with Gasteiger partial charge in [0.15, 0.2) is 11.9 Å². The highest BCUT2D eigenvalue weighted by Crippen LogP contribution is 2.07. The van der Waals surface area contributed by atoms with E-state index in [1.165, 1.54) is 0 Å². The Bertz CT molecular complexity index is 765. The van der Waals surface area contributed by atoms with Crippen LogP contribution in [0.4, 0.5) is 0 Å². The molecule has 4 unspecified atom stereocenters. The molecule has 0 heterocycles. The van der Waals surface area contributed by atoms with Gasteiger partial charge in [0.05, 0.1) is 12.6 Å². The van der Waals surface area contributed by atoms with E-state index >= 15 is 0 Å². The van der Waals surface area contributed by atoms with E-state index in [2.05, 4.69) is 25.9 Å². The number of hydrogen-bond acceptors (Lipinski definition) is 7. The number of carboxylic acids is 1. The molecular formula is C20H40N10O5. The van der Waals surface area contributed by atoms with Crippen molar-refractivity contribution in [3.8, 4) is 0 Å². The van der Waals surface area contributed by atoms with Crippen LogP contribution in [0, 0.1) is 5.92 Å². The van der Waals surface area contributed by atoms with Crippen molar-refractivity contribution in [1.29, 1.82) is 0 Å². The molecule has 0 aliphatic heterocycles. The minimum absolute atomic E-state index is 0.0861. The second kappa shape index (κ2) is 16.9. The zero-order valence-corrected chi connectivity index (χ0v) is 20.3. The van der Waals surface area contributed by atoms with Crippen LogP contribution >= 0.6 is 0 Å². The van der Waals surface area contributed by atoms with Gasteiger partial charge in [-0.3, -0.25) is 24.4 Å². The van der Waals surface area contributed by atoms with Crippen LogP contribution in [0.2, 0.25) is 0 Å². The molecule has 0 aromatic rings. The zero-order valence-electron chi connectivity index (χ0n) is 20.3. The van der Waals surface area contributed by atoms with Crippen LogP contribution in [0.15, 0.2) is 9.98 Å². The molecule has 15 nitrogen and oxygen atoms in total. The third-order valence-electron chi connectivity index (χ3n) is 5.14. The van der Waals surface area contributed by atoms with Gasteiger partial charge in [0.25, 0.3) is 0 Å². The Morgan fingerprint density at radius 1 is 0.857 bits per heavy atom. The highest BCUT2D eigenvalue weighted by molar-refractivity contribution is 5.92. The van der Waals surface area contributed by atoms with E-state index in [9.17, 15) is 24.3 Å². The average Bonchev–Trinajstić information content (AvgIpc) is 2.79. The van der Waals surface area contributed by atoms with Crippen LogP contribution in [-0.2, 0) is 19.2 Å². The van der Waals surface area contributed by atoms with Gasteiger partial charge in [-0.1, -0.05) is 20.3 Å². The van der Waals surface area contributed by atoms with Crippen molar-refractivity contribution >= 4 is 35.6 Å². The van der Waals surface area contributed by atoms with Crippen LogP contribution in [-0.4, -0.2) is 78.5 Å². The van der Waals surface area contributed by atoms with Crippen molar-refractivity contribution in [2.75, 3.05) is 19.6 Å². The highest BCUT2D eigenvalue weighted by atomic mass is 16.4. The van der Waals surface area contributed by atoms with Crippen molar-refractivity contribution in [1.82, 2.24) is 16.0 Å². The first-order valence-electron chi connectivity index (χ1n) is 11.4. The molecule has 0 spiro atoms. The molecule has 3 amide bonds. The molecule has 0 saturated carbocycles. The van der Waals surface area contributed by atoms with Crippen LogP contribution < -0.4 is 44.6 Å². The minimum atomic E-state index is -1.24. The smallest absolute Gasteiger partial charge is 0.326 e. The Labute approximate surface area is 204 Å². The lowest BCUT2D eigenvalue weighted by atomic mass is 9.98. The highest BCUT2D eigenvalue weighted by Gasteiger charge is 2.26. The van der Waals surface area contributed by atoms with Crippen LogP contribution in [0.25, 0.3) is 0 Å². The first kappa shape index (κ1) is 31.4. The molecule has 15 heteroatoms. The predicted molar refractivity (Wildman–Crippen MR) is 132 cm³/mol. The summed E-state index contributed by atoms with van der Waals surface area (Å²) in [6.45, 7) is 3.66. The second-order valence-corrected chi connectivity index (χ2v) is 8.05. The van der Waals surface area contributed by atoms with Gasteiger partial charge in [-0.05, 0) is 31.6 Å². The number of amides is 3. The number of nitrogens with one attached hydrogen (secondary N) is 3. The third-order valence-corrected chi connectivity index (χ3v) is 5.14. The monoisotopic (exact) mass is 500 g/mol. The largest absolute Gasteiger partial charge is 0.480 e. The maximum Gasteiger partial charge on any atom is 0.326 e. The first-order chi connectivity index (χ1) is 16.4. The summed E-state index contributed by atoms with van der Waals surface area (Å²) in [5.74, 6) is -3.41. The number of nitrogens with two attached hydrogens (primary N) is 5. The number of carboxylic acid groups (broad SMARTS) is 1. The Morgan fingerprint density at radius 3 is 1.83 bits per heavy atom. The summed E-state index contributed by atoms with van der Waals surface area (Å²) in [7, 11) is 0. The van der Waals surface area contributed by atoms with E-state index in [0.29, 0.717) is 19.3 Å². The van der Waals surface area contributed by atoms with Gasteiger partial charge in [-0.25, -0.2) is 4.79 Å². The van der Waals surface area contributed by atoms with Crippen molar-refractivity contribution < 1.29 is 24.3 Å². The number of hydrogen-bond donors (Lipinski definition) is 9. The van der Waals surface area contributed by atoms with Crippen molar-refractivity contribution in [2.45, 2.75) is 64.1 Å². The molecule has 0 bridgehead atoms. The number of guanidine groups is 2. The number of aliphatic carboxylic acids is 1. The lowest BCUT2D eigenvalue weighted by molar-refractivity contribution is -0.142. The van der Waals surface area contributed by atoms with Gasteiger partial charge in [-0.2, -0.15) is 0 Å². The van der Waals surface area contributed by atoms with Gasteiger partial charge in [-0.15, -0.1) is 0 Å². The summed E-state index contributed by atoms with van der Waals surface area (Å²) in [6.07, 6.45) is 1.64. The maximum absolute atomic E-state index is 12.7. The Kier molecular flexibility index (Phi) is 15.2. The molecule has 200 valence electrons. The van der Waals surface area contributed by atoms with Crippen LogP contribution in [0.1, 0.15) is 46.0 Å². The third kappa shape index (κ3) is 14.3. The number of rotatable bonds is 17. The fourth-order valence-corrected chi connectivity index (χ4v) is 2.85. The molecule has 0 aromatic carbocycles. The van der Waals surface area contributed by atoms with Gasteiger partial charge in [0, 0.05) is 13.1 Å². The fraction of sp³-hybridized carbons (Fsp3) is 0.700. The molecule has 0 fully saturated rings. The fourth-order valence-electron chi connectivity index (χ4n) is 2.85. The lowest BCUT2D eigenvalue weighted by Crippen LogP contribution is -2.54. The van der Waals surface area contributed by atoms with Crippen LogP contribution in [0.5, 0.6) is 0 Å². The summed E-state index contributed by atoms with van der Waals surface area (Å²) < 4.78 is 0. The van der Waals surface area contributed by atoms with Crippen molar-refractivity contribution in [3.63, 3.8) is 0 Å². The summed E-state index contributed by atoms with van der Waals surface area (Å²) in [4.78, 5) is 56.3. The molecule has 0 saturated heterocycles. The zero-order chi connectivity index (χ0) is 27.0. The normalized spacial score (nSPS) is 13.9. The molecule has 0 rings (SSSR count). The van der Waals surface area contributed by atoms with E-state index in [0.717, 1.165) is 0 Å². The Balaban J connectivity index is 4.99. The van der Waals surface area contributed by atoms with Gasteiger partial charge < -0.3 is 49.7 Å².